The van der Waals surface area contributed by atoms with Crippen molar-refractivity contribution >= 4 is 28.9 Å². The van der Waals surface area contributed by atoms with Crippen LogP contribution in [0.2, 0.25) is 5.02 Å². The third kappa shape index (κ3) is 4.75. The van der Waals surface area contributed by atoms with Crippen molar-refractivity contribution in [1.82, 2.24) is 9.80 Å². The van der Waals surface area contributed by atoms with Crippen LogP contribution in [0.5, 0.6) is 0 Å². The molecule has 0 spiro atoms. The average molecular weight is 409 g/mol. The summed E-state index contributed by atoms with van der Waals surface area (Å²) in [5.74, 6) is 0.670. The molecule has 7 nitrogen and oxygen atoms in total. The molecule has 2 saturated heterocycles. The van der Waals surface area contributed by atoms with Crippen LogP contribution in [-0.4, -0.2) is 66.4 Å². The lowest BCUT2D eigenvalue weighted by Crippen LogP contribution is -2.49. The van der Waals surface area contributed by atoms with Crippen LogP contribution in [0.15, 0.2) is 12.1 Å². The molecule has 2 fully saturated rings. The lowest BCUT2D eigenvalue weighted by atomic mass is 9.92. The van der Waals surface area contributed by atoms with Gasteiger partial charge in [-0.05, 0) is 37.8 Å². The number of hydrogen-bond donors (Lipinski definition) is 0. The molecule has 154 valence electrons. The van der Waals surface area contributed by atoms with Gasteiger partial charge in [0.2, 0.25) is 5.91 Å². The highest BCUT2D eigenvalue weighted by Gasteiger charge is 2.27. The summed E-state index contributed by atoms with van der Waals surface area (Å²) in [5, 5.41) is 11.4. The van der Waals surface area contributed by atoms with Gasteiger partial charge in [-0.15, -0.1) is 0 Å². The van der Waals surface area contributed by atoms with Gasteiger partial charge in [-0.2, -0.15) is 0 Å². The number of carbonyl (C=O) groups excluding carboxylic acids is 1. The molecule has 0 atom stereocenters. The van der Waals surface area contributed by atoms with Gasteiger partial charge in [-0.1, -0.05) is 18.5 Å². The molecule has 0 aromatic heterocycles. The second-order valence-corrected chi connectivity index (χ2v) is 8.21. The van der Waals surface area contributed by atoms with Crippen LogP contribution in [0.3, 0.4) is 0 Å². The number of halogens is 1. The van der Waals surface area contributed by atoms with Crippen molar-refractivity contribution in [1.29, 1.82) is 0 Å². The maximum Gasteiger partial charge on any atom is 0.271 e. The van der Waals surface area contributed by atoms with Gasteiger partial charge >= 0.3 is 0 Å². The van der Waals surface area contributed by atoms with Crippen LogP contribution < -0.4 is 4.90 Å². The molecule has 0 N–H and O–H groups in total. The maximum absolute atomic E-state index is 12.6. The number of piperazine rings is 1. The largest absolute Gasteiger partial charge is 0.370 e. The third-order valence-corrected chi connectivity index (χ3v) is 6.30. The number of aryl methyl sites for hydroxylation is 1. The predicted molar refractivity (Wildman–Crippen MR) is 111 cm³/mol. The highest BCUT2D eigenvalue weighted by molar-refractivity contribution is 6.33. The Kier molecular flexibility index (Phi) is 6.78. The number of piperidine rings is 1. The van der Waals surface area contributed by atoms with Gasteiger partial charge in [0, 0.05) is 57.8 Å². The zero-order valence-electron chi connectivity index (χ0n) is 16.7. The van der Waals surface area contributed by atoms with E-state index in [0.29, 0.717) is 17.4 Å². The summed E-state index contributed by atoms with van der Waals surface area (Å²) >= 11 is 6.35. The first-order valence-corrected chi connectivity index (χ1v) is 10.5. The van der Waals surface area contributed by atoms with Crippen LogP contribution >= 0.6 is 11.6 Å². The molecule has 0 bridgehead atoms. The van der Waals surface area contributed by atoms with E-state index >= 15 is 0 Å². The van der Waals surface area contributed by atoms with Crippen LogP contribution in [0.4, 0.5) is 11.4 Å². The minimum Gasteiger partial charge on any atom is -0.370 e. The first-order chi connectivity index (χ1) is 13.4. The molecule has 28 heavy (non-hydrogen) atoms. The normalized spacial score (nSPS) is 19.1. The number of nitrogens with zero attached hydrogens (tertiary/aromatic N) is 4. The quantitative estimate of drug-likeness (QED) is 0.552. The molecule has 2 aliphatic heterocycles. The van der Waals surface area contributed by atoms with E-state index in [4.69, 9.17) is 11.6 Å². The van der Waals surface area contributed by atoms with E-state index in [1.807, 2.05) is 11.8 Å². The molecule has 1 aromatic rings. The van der Waals surface area contributed by atoms with Crippen molar-refractivity contribution in [3.63, 3.8) is 0 Å². The van der Waals surface area contributed by atoms with E-state index < -0.39 is 4.92 Å². The number of likely N-dealkylation sites (N-methyl/N-ethyl adjacent to an activating group) is 1. The van der Waals surface area contributed by atoms with Crippen molar-refractivity contribution in [2.45, 2.75) is 33.1 Å². The number of nitro groups is 1. The Balaban J connectivity index is 1.54. The minimum atomic E-state index is -0.416. The van der Waals surface area contributed by atoms with Crippen molar-refractivity contribution in [3.8, 4) is 0 Å². The molecule has 0 aliphatic carbocycles. The fourth-order valence-electron chi connectivity index (χ4n) is 4.27. The van der Waals surface area contributed by atoms with Crippen LogP contribution in [0, 0.1) is 23.0 Å². The summed E-state index contributed by atoms with van der Waals surface area (Å²) in [6.07, 6.45) is 2.49. The highest BCUT2D eigenvalue weighted by Crippen LogP contribution is 2.36. The monoisotopic (exact) mass is 408 g/mol. The first kappa shape index (κ1) is 20.9. The summed E-state index contributed by atoms with van der Waals surface area (Å²) in [6, 6.07) is 3.00. The second-order valence-electron chi connectivity index (χ2n) is 7.80. The van der Waals surface area contributed by atoms with Gasteiger partial charge in [0.25, 0.3) is 5.69 Å². The second kappa shape index (κ2) is 9.09. The molecule has 3 rings (SSSR count). The number of nitro benzene ring substituents is 1. The van der Waals surface area contributed by atoms with Gasteiger partial charge in [0.1, 0.15) is 0 Å². The highest BCUT2D eigenvalue weighted by atomic mass is 35.5. The number of non-ortho nitro benzene ring substituents is 1. The van der Waals surface area contributed by atoms with Gasteiger partial charge in [0.05, 0.1) is 15.6 Å². The summed E-state index contributed by atoms with van der Waals surface area (Å²) < 4.78 is 0. The lowest BCUT2D eigenvalue weighted by molar-refractivity contribution is -0.384. The molecule has 1 aromatic carbocycles. The van der Waals surface area contributed by atoms with Crippen molar-refractivity contribution in [2.75, 3.05) is 50.7 Å². The zero-order valence-corrected chi connectivity index (χ0v) is 17.5. The molecular weight excluding hydrogens is 380 g/mol. The first-order valence-electron chi connectivity index (χ1n) is 10.1. The topological polar surface area (TPSA) is 69.9 Å². The molecule has 2 aliphatic rings. The lowest BCUT2D eigenvalue weighted by Gasteiger charge is -2.37. The van der Waals surface area contributed by atoms with Crippen LogP contribution in [-0.2, 0) is 4.79 Å². The number of hydrogen-bond acceptors (Lipinski definition) is 5. The fraction of sp³-hybridized carbons (Fsp3) is 0.650. The molecule has 8 heteroatoms. The Bertz CT molecular complexity index is 703. The van der Waals surface area contributed by atoms with E-state index in [1.54, 1.807) is 6.07 Å². The average Bonchev–Trinajstić information content (AvgIpc) is 2.68. The SMILES string of the molecule is CCN1CCN(C(=O)CC2CCN(c3c(C)cc([N+](=O)[O-])cc3Cl)CC2)CC1. The fourth-order valence-corrected chi connectivity index (χ4v) is 4.65. The Morgan fingerprint density at radius 2 is 1.82 bits per heavy atom. The summed E-state index contributed by atoms with van der Waals surface area (Å²) in [4.78, 5) is 29.8. The maximum atomic E-state index is 12.6. The molecule has 0 saturated carbocycles. The predicted octanol–water partition coefficient (Wildman–Crippen LogP) is 3.33. The summed E-state index contributed by atoms with van der Waals surface area (Å²) in [6.45, 7) is 10.3. The van der Waals surface area contributed by atoms with Gasteiger partial charge in [-0.3, -0.25) is 14.9 Å². The minimum absolute atomic E-state index is 0.0231. The number of carbonyl (C=O) groups is 1. The molecule has 1 amide bonds. The Labute approximate surface area is 171 Å². The Morgan fingerprint density at radius 1 is 1.18 bits per heavy atom. The standard InChI is InChI=1S/C20H29ClN4O3/c1-3-22-8-10-23(11-9-22)19(26)13-16-4-6-24(7-5-16)20-15(2)12-17(25(27)28)14-18(20)21/h12,14,16H,3-11,13H2,1-2H3. The smallest absolute Gasteiger partial charge is 0.271 e. The number of amides is 1. The third-order valence-electron chi connectivity index (χ3n) is 6.02. The zero-order chi connectivity index (χ0) is 20.3. The van der Waals surface area contributed by atoms with Crippen molar-refractivity contribution in [2.24, 2.45) is 5.92 Å². The number of anilines is 1. The molecule has 0 unspecified atom stereocenters. The van der Waals surface area contributed by atoms with Gasteiger partial charge in [0.15, 0.2) is 0 Å². The molecular formula is C20H29ClN4O3. The van der Waals surface area contributed by atoms with Crippen molar-refractivity contribution in [3.05, 3.63) is 32.8 Å². The number of benzene rings is 1. The van der Waals surface area contributed by atoms with E-state index in [0.717, 1.165) is 69.9 Å². The van der Waals surface area contributed by atoms with Crippen LogP contribution in [0.1, 0.15) is 31.7 Å². The Hall–Kier alpha value is -1.86. The molecule has 0 radical (unpaired) electrons. The van der Waals surface area contributed by atoms with E-state index in [-0.39, 0.29) is 11.6 Å². The van der Waals surface area contributed by atoms with Gasteiger partial charge in [-0.25, -0.2) is 0 Å². The van der Waals surface area contributed by atoms with Crippen LogP contribution in [0.25, 0.3) is 0 Å². The summed E-state index contributed by atoms with van der Waals surface area (Å²) in [7, 11) is 0. The summed E-state index contributed by atoms with van der Waals surface area (Å²) in [5.41, 5.74) is 1.73. The van der Waals surface area contributed by atoms with E-state index in [9.17, 15) is 14.9 Å². The Morgan fingerprint density at radius 3 is 2.36 bits per heavy atom. The van der Waals surface area contributed by atoms with E-state index in [2.05, 4.69) is 16.7 Å². The molecule has 2 heterocycles. The number of rotatable bonds is 5. The van der Waals surface area contributed by atoms with E-state index in [1.165, 1.54) is 6.07 Å². The van der Waals surface area contributed by atoms with Crippen molar-refractivity contribution < 1.29 is 9.72 Å². The van der Waals surface area contributed by atoms with Gasteiger partial charge < -0.3 is 14.7 Å².